The molecule has 0 saturated heterocycles. The third-order valence-corrected chi connectivity index (χ3v) is 3.83. The van der Waals surface area contributed by atoms with Crippen LogP contribution in [0, 0.1) is 11.6 Å². The molecule has 1 aromatic heterocycles. The summed E-state index contributed by atoms with van der Waals surface area (Å²) in [6.07, 6.45) is 1.12. The summed E-state index contributed by atoms with van der Waals surface area (Å²) in [5.41, 5.74) is -0.563. The first-order valence-electron chi connectivity index (χ1n) is 6.87. The van der Waals surface area contributed by atoms with Gasteiger partial charge in [0.15, 0.2) is 11.6 Å². The van der Waals surface area contributed by atoms with Crippen molar-refractivity contribution in [1.29, 1.82) is 0 Å². The summed E-state index contributed by atoms with van der Waals surface area (Å²) in [7, 11) is 0. The van der Waals surface area contributed by atoms with Gasteiger partial charge >= 0.3 is 5.97 Å². The molecule has 122 valence electrons. The van der Waals surface area contributed by atoms with E-state index in [9.17, 15) is 23.5 Å². The van der Waals surface area contributed by atoms with E-state index >= 15 is 0 Å². The molecule has 7 heteroatoms. The van der Waals surface area contributed by atoms with Crippen LogP contribution >= 0.6 is 11.6 Å². The van der Waals surface area contributed by atoms with Crippen molar-refractivity contribution in [3.8, 4) is 0 Å². The zero-order chi connectivity index (χ0) is 17.4. The maximum absolute atomic E-state index is 13.6. The van der Waals surface area contributed by atoms with Crippen LogP contribution in [0.4, 0.5) is 8.78 Å². The lowest BCUT2D eigenvalue weighted by Crippen LogP contribution is -2.19. The highest BCUT2D eigenvalue weighted by atomic mass is 35.5. The number of hydrogen-bond acceptors (Lipinski definition) is 2. The molecule has 0 aliphatic carbocycles. The van der Waals surface area contributed by atoms with Crippen molar-refractivity contribution in [1.82, 2.24) is 4.57 Å². The van der Waals surface area contributed by atoms with Crippen molar-refractivity contribution in [3.63, 3.8) is 0 Å². The Labute approximate surface area is 139 Å². The van der Waals surface area contributed by atoms with Gasteiger partial charge in [0.25, 0.3) is 0 Å². The number of carboxylic acids is 1. The summed E-state index contributed by atoms with van der Waals surface area (Å²) in [4.78, 5) is 23.5. The molecule has 0 aliphatic rings. The Morgan fingerprint density at radius 3 is 2.54 bits per heavy atom. The second-order valence-electron chi connectivity index (χ2n) is 5.22. The Balaban J connectivity index is 2.29. The third kappa shape index (κ3) is 2.88. The quantitative estimate of drug-likeness (QED) is 0.784. The fraction of sp³-hybridized carbons (Fsp3) is 0.0588. The van der Waals surface area contributed by atoms with Gasteiger partial charge in [-0.05, 0) is 23.8 Å². The molecular weight excluding hydrogens is 340 g/mol. The van der Waals surface area contributed by atoms with Crippen LogP contribution < -0.4 is 5.43 Å². The maximum Gasteiger partial charge on any atom is 0.341 e. The van der Waals surface area contributed by atoms with E-state index in [1.807, 2.05) is 0 Å². The molecule has 1 N–H and O–H groups in total. The van der Waals surface area contributed by atoms with Gasteiger partial charge in [0.1, 0.15) is 5.56 Å². The van der Waals surface area contributed by atoms with Crippen molar-refractivity contribution >= 4 is 28.5 Å². The van der Waals surface area contributed by atoms with Crippen LogP contribution in [0.5, 0.6) is 0 Å². The SMILES string of the molecule is O=C(O)c1cn(Cc2cccc(Cl)c2)c2cc(F)c(F)cc2c1=O. The molecule has 0 radical (unpaired) electrons. The second kappa shape index (κ2) is 6.05. The van der Waals surface area contributed by atoms with Gasteiger partial charge in [-0.3, -0.25) is 4.79 Å². The molecule has 3 rings (SSSR count). The Kier molecular flexibility index (Phi) is 4.07. The van der Waals surface area contributed by atoms with Crippen molar-refractivity contribution < 1.29 is 18.7 Å². The first-order valence-corrected chi connectivity index (χ1v) is 7.24. The molecule has 0 spiro atoms. The Morgan fingerprint density at radius 2 is 1.88 bits per heavy atom. The van der Waals surface area contributed by atoms with Gasteiger partial charge in [-0.1, -0.05) is 23.7 Å². The maximum atomic E-state index is 13.6. The lowest BCUT2D eigenvalue weighted by molar-refractivity contribution is 0.0695. The zero-order valence-corrected chi connectivity index (χ0v) is 12.8. The monoisotopic (exact) mass is 349 g/mol. The molecule has 4 nitrogen and oxygen atoms in total. The van der Waals surface area contributed by atoms with Crippen molar-refractivity contribution in [2.75, 3.05) is 0 Å². The summed E-state index contributed by atoms with van der Waals surface area (Å²) >= 11 is 5.92. The van der Waals surface area contributed by atoms with E-state index in [-0.39, 0.29) is 17.4 Å². The molecule has 3 aromatic rings. The molecule has 0 amide bonds. The fourth-order valence-corrected chi connectivity index (χ4v) is 2.71. The highest BCUT2D eigenvalue weighted by molar-refractivity contribution is 6.30. The van der Waals surface area contributed by atoms with E-state index in [4.69, 9.17) is 11.6 Å². The standard InChI is InChI=1S/C17H10ClF2NO3/c18-10-3-1-2-9(4-10)7-21-8-12(17(23)24)16(22)11-5-13(19)14(20)6-15(11)21/h1-6,8H,7H2,(H,23,24). The van der Waals surface area contributed by atoms with Crippen LogP contribution in [0.15, 0.2) is 47.4 Å². The van der Waals surface area contributed by atoms with Crippen LogP contribution in [0.25, 0.3) is 10.9 Å². The van der Waals surface area contributed by atoms with Crippen LogP contribution in [0.3, 0.4) is 0 Å². The molecular formula is C17H10ClF2NO3. The number of rotatable bonds is 3. The molecule has 24 heavy (non-hydrogen) atoms. The smallest absolute Gasteiger partial charge is 0.341 e. The summed E-state index contributed by atoms with van der Waals surface area (Å²) in [6, 6.07) is 8.38. The normalized spacial score (nSPS) is 11.0. The number of fused-ring (bicyclic) bond motifs is 1. The second-order valence-corrected chi connectivity index (χ2v) is 5.65. The molecule has 0 atom stereocenters. The van der Waals surface area contributed by atoms with E-state index in [0.717, 1.165) is 12.3 Å². The molecule has 0 fully saturated rings. The van der Waals surface area contributed by atoms with E-state index < -0.39 is 28.6 Å². The number of aromatic carboxylic acids is 1. The van der Waals surface area contributed by atoms with Crippen LogP contribution in [-0.2, 0) is 6.54 Å². The summed E-state index contributed by atoms with van der Waals surface area (Å²) in [5.74, 6) is -3.77. The summed E-state index contributed by atoms with van der Waals surface area (Å²) < 4.78 is 28.5. The fourth-order valence-electron chi connectivity index (χ4n) is 2.50. The van der Waals surface area contributed by atoms with E-state index in [2.05, 4.69) is 0 Å². The number of hydrogen-bond donors (Lipinski definition) is 1. The summed E-state index contributed by atoms with van der Waals surface area (Å²) in [6.45, 7) is 0.142. The number of benzene rings is 2. The first kappa shape index (κ1) is 16.1. The van der Waals surface area contributed by atoms with Gasteiger partial charge in [0.2, 0.25) is 5.43 Å². The van der Waals surface area contributed by atoms with Gasteiger partial charge in [0.05, 0.1) is 5.52 Å². The molecule has 0 aliphatic heterocycles. The van der Waals surface area contributed by atoms with Crippen molar-refractivity contribution in [3.05, 3.63) is 80.6 Å². The van der Waals surface area contributed by atoms with Crippen LogP contribution in [0.1, 0.15) is 15.9 Å². The molecule has 0 unspecified atom stereocenters. The predicted octanol–water partition coefficient (Wildman–Crippen LogP) is 3.68. The number of carbonyl (C=O) groups is 1. The molecule has 2 aromatic carbocycles. The summed E-state index contributed by atoms with van der Waals surface area (Å²) in [5, 5.41) is 9.46. The largest absolute Gasteiger partial charge is 0.477 e. The molecule has 0 saturated carbocycles. The predicted molar refractivity (Wildman–Crippen MR) is 85.6 cm³/mol. The lowest BCUT2D eigenvalue weighted by Gasteiger charge is -2.13. The van der Waals surface area contributed by atoms with Gasteiger partial charge in [-0.25, -0.2) is 13.6 Å². The minimum Gasteiger partial charge on any atom is -0.477 e. The average Bonchev–Trinajstić information content (AvgIpc) is 2.52. The number of halogens is 3. The van der Waals surface area contributed by atoms with E-state index in [1.54, 1.807) is 24.3 Å². The minimum absolute atomic E-state index is 0.101. The van der Waals surface area contributed by atoms with Gasteiger partial charge in [0, 0.05) is 29.2 Å². The number of nitrogens with zero attached hydrogens (tertiary/aromatic N) is 1. The number of carboxylic acid groups (broad SMARTS) is 1. The van der Waals surface area contributed by atoms with Gasteiger partial charge < -0.3 is 9.67 Å². The third-order valence-electron chi connectivity index (χ3n) is 3.59. The highest BCUT2D eigenvalue weighted by Gasteiger charge is 2.17. The van der Waals surface area contributed by atoms with Crippen molar-refractivity contribution in [2.24, 2.45) is 0 Å². The van der Waals surface area contributed by atoms with Crippen LogP contribution in [0.2, 0.25) is 5.02 Å². The Hall–Kier alpha value is -2.73. The number of aromatic nitrogens is 1. The molecule has 0 bridgehead atoms. The zero-order valence-electron chi connectivity index (χ0n) is 12.1. The van der Waals surface area contributed by atoms with Gasteiger partial charge in [-0.2, -0.15) is 0 Å². The molecule has 1 heterocycles. The Morgan fingerprint density at radius 1 is 1.17 bits per heavy atom. The average molecular weight is 350 g/mol. The van der Waals surface area contributed by atoms with Crippen LogP contribution in [-0.4, -0.2) is 15.6 Å². The van der Waals surface area contributed by atoms with E-state index in [1.165, 1.54) is 4.57 Å². The van der Waals surface area contributed by atoms with Gasteiger partial charge in [-0.15, -0.1) is 0 Å². The first-order chi connectivity index (χ1) is 11.4. The Bertz CT molecular complexity index is 1030. The van der Waals surface area contributed by atoms with E-state index in [0.29, 0.717) is 16.7 Å². The number of pyridine rings is 1. The highest BCUT2D eigenvalue weighted by Crippen LogP contribution is 2.19. The van der Waals surface area contributed by atoms with Crippen molar-refractivity contribution in [2.45, 2.75) is 6.54 Å². The topological polar surface area (TPSA) is 59.3 Å². The minimum atomic E-state index is -1.44. The lowest BCUT2D eigenvalue weighted by atomic mass is 10.1.